The van der Waals surface area contributed by atoms with Gasteiger partial charge in [0.15, 0.2) is 0 Å². The second kappa shape index (κ2) is 3.80. The summed E-state index contributed by atoms with van der Waals surface area (Å²) in [5.41, 5.74) is 2.93. The van der Waals surface area contributed by atoms with Gasteiger partial charge in [0.25, 0.3) is 0 Å². The molecule has 0 saturated heterocycles. The third kappa shape index (κ3) is 1.65. The van der Waals surface area contributed by atoms with Gasteiger partial charge in [0.1, 0.15) is 11.3 Å². The average Bonchev–Trinajstić information content (AvgIpc) is 2.91. The Morgan fingerprint density at radius 1 is 1.41 bits per heavy atom. The molecule has 4 heteroatoms. The lowest BCUT2D eigenvalue weighted by molar-refractivity contribution is -0.136. The first-order valence-electron chi connectivity index (χ1n) is 5.62. The number of aryl methyl sites for hydroxylation is 1. The van der Waals surface area contributed by atoms with Crippen LogP contribution in [0.4, 0.5) is 0 Å². The average molecular weight is 232 g/mol. The van der Waals surface area contributed by atoms with Crippen LogP contribution >= 0.6 is 0 Å². The zero-order valence-corrected chi connectivity index (χ0v) is 9.23. The van der Waals surface area contributed by atoms with E-state index in [-0.39, 0.29) is 6.42 Å². The second-order valence-electron chi connectivity index (χ2n) is 4.17. The first-order valence-corrected chi connectivity index (χ1v) is 5.62. The highest BCUT2D eigenvalue weighted by Gasteiger charge is 2.19. The summed E-state index contributed by atoms with van der Waals surface area (Å²) >= 11 is 0. The summed E-state index contributed by atoms with van der Waals surface area (Å²) in [6.45, 7) is 0.692. The number of carbonyl (C=O) groups is 1. The van der Waals surface area contributed by atoms with Crippen molar-refractivity contribution in [2.45, 2.75) is 19.3 Å². The van der Waals surface area contributed by atoms with Crippen molar-refractivity contribution in [2.24, 2.45) is 0 Å². The molecule has 0 saturated carbocycles. The summed E-state index contributed by atoms with van der Waals surface area (Å²) < 4.78 is 11.0. The van der Waals surface area contributed by atoms with Gasteiger partial charge in [-0.3, -0.25) is 4.79 Å². The Bertz CT molecular complexity index is 582. The van der Waals surface area contributed by atoms with Crippen molar-refractivity contribution in [3.8, 4) is 5.75 Å². The fourth-order valence-corrected chi connectivity index (χ4v) is 2.32. The SMILES string of the molecule is O=C(O)CCc1coc2ccc3c(c12)CCO3. The molecule has 0 fully saturated rings. The smallest absolute Gasteiger partial charge is 0.303 e. The van der Waals surface area contributed by atoms with Crippen LogP contribution < -0.4 is 4.74 Å². The van der Waals surface area contributed by atoms with Crippen LogP contribution in [0.1, 0.15) is 17.5 Å². The Balaban J connectivity index is 2.07. The molecule has 0 amide bonds. The van der Waals surface area contributed by atoms with E-state index in [9.17, 15) is 4.79 Å². The largest absolute Gasteiger partial charge is 0.493 e. The zero-order chi connectivity index (χ0) is 11.8. The molecular formula is C13H12O4. The zero-order valence-electron chi connectivity index (χ0n) is 9.23. The standard InChI is InChI=1S/C13H12O4/c14-12(15)4-1-8-7-17-11-3-2-10-9(13(8)11)5-6-16-10/h2-3,7H,1,4-6H2,(H,14,15). The van der Waals surface area contributed by atoms with E-state index >= 15 is 0 Å². The van der Waals surface area contributed by atoms with Gasteiger partial charge >= 0.3 is 5.97 Å². The molecule has 0 radical (unpaired) electrons. The van der Waals surface area contributed by atoms with E-state index in [4.69, 9.17) is 14.3 Å². The molecule has 3 rings (SSSR count). The van der Waals surface area contributed by atoms with Crippen LogP contribution in [0.3, 0.4) is 0 Å². The fraction of sp³-hybridized carbons (Fsp3) is 0.308. The van der Waals surface area contributed by atoms with Crippen molar-refractivity contribution < 1.29 is 19.1 Å². The van der Waals surface area contributed by atoms with Gasteiger partial charge < -0.3 is 14.3 Å². The molecule has 2 heterocycles. The molecule has 1 N–H and O–H groups in total. The fourth-order valence-electron chi connectivity index (χ4n) is 2.32. The maximum absolute atomic E-state index is 10.6. The molecule has 0 aliphatic carbocycles. The number of hydrogen-bond donors (Lipinski definition) is 1. The van der Waals surface area contributed by atoms with Crippen molar-refractivity contribution in [3.63, 3.8) is 0 Å². The Labute approximate surface area is 97.8 Å². The van der Waals surface area contributed by atoms with E-state index in [1.165, 1.54) is 0 Å². The number of aliphatic carboxylic acids is 1. The maximum Gasteiger partial charge on any atom is 0.303 e. The van der Waals surface area contributed by atoms with Gasteiger partial charge in [0.05, 0.1) is 12.9 Å². The van der Waals surface area contributed by atoms with Crippen LogP contribution in [-0.4, -0.2) is 17.7 Å². The molecule has 4 nitrogen and oxygen atoms in total. The van der Waals surface area contributed by atoms with Gasteiger partial charge in [-0.1, -0.05) is 0 Å². The minimum absolute atomic E-state index is 0.124. The minimum Gasteiger partial charge on any atom is -0.493 e. The molecule has 0 unspecified atom stereocenters. The summed E-state index contributed by atoms with van der Waals surface area (Å²) in [7, 11) is 0. The van der Waals surface area contributed by atoms with Gasteiger partial charge in [-0.25, -0.2) is 0 Å². The van der Waals surface area contributed by atoms with Gasteiger partial charge in [0.2, 0.25) is 0 Å². The maximum atomic E-state index is 10.6. The van der Waals surface area contributed by atoms with E-state index in [0.717, 1.165) is 34.3 Å². The molecule has 0 atom stereocenters. The predicted molar refractivity (Wildman–Crippen MR) is 61.4 cm³/mol. The van der Waals surface area contributed by atoms with Crippen molar-refractivity contribution in [1.82, 2.24) is 0 Å². The topological polar surface area (TPSA) is 59.7 Å². The van der Waals surface area contributed by atoms with Gasteiger partial charge in [-0.15, -0.1) is 0 Å². The Hall–Kier alpha value is -1.97. The quantitative estimate of drug-likeness (QED) is 0.882. The predicted octanol–water partition coefficient (Wildman–Crippen LogP) is 2.38. The number of rotatable bonds is 3. The molecule has 1 aliphatic rings. The highest BCUT2D eigenvalue weighted by molar-refractivity contribution is 5.87. The molecule has 2 aromatic rings. The van der Waals surface area contributed by atoms with E-state index in [1.54, 1.807) is 6.26 Å². The summed E-state index contributed by atoms with van der Waals surface area (Å²) in [6, 6.07) is 3.79. The highest BCUT2D eigenvalue weighted by atomic mass is 16.5. The monoisotopic (exact) mass is 232 g/mol. The third-order valence-corrected chi connectivity index (χ3v) is 3.10. The van der Waals surface area contributed by atoms with Gasteiger partial charge in [0, 0.05) is 23.8 Å². The highest BCUT2D eigenvalue weighted by Crippen LogP contribution is 2.35. The van der Waals surface area contributed by atoms with Crippen LogP contribution in [0, 0.1) is 0 Å². The number of fused-ring (bicyclic) bond motifs is 3. The van der Waals surface area contributed by atoms with Crippen LogP contribution in [-0.2, 0) is 17.6 Å². The normalized spacial score (nSPS) is 13.6. The lowest BCUT2D eigenvalue weighted by Gasteiger charge is -2.01. The van der Waals surface area contributed by atoms with Crippen molar-refractivity contribution in [2.75, 3.05) is 6.61 Å². The third-order valence-electron chi connectivity index (χ3n) is 3.10. The Kier molecular flexibility index (Phi) is 2.28. The van der Waals surface area contributed by atoms with Crippen LogP contribution in [0.25, 0.3) is 11.0 Å². The lowest BCUT2D eigenvalue weighted by atomic mass is 10.0. The van der Waals surface area contributed by atoms with Crippen molar-refractivity contribution >= 4 is 16.9 Å². The molecule has 0 spiro atoms. The number of ether oxygens (including phenoxy) is 1. The van der Waals surface area contributed by atoms with Crippen LogP contribution in [0.5, 0.6) is 5.75 Å². The summed E-state index contributed by atoms with van der Waals surface area (Å²) in [6.07, 6.45) is 3.15. The molecule has 1 aromatic carbocycles. The molecular weight excluding hydrogens is 220 g/mol. The van der Waals surface area contributed by atoms with Crippen molar-refractivity contribution in [1.29, 1.82) is 0 Å². The lowest BCUT2D eigenvalue weighted by Crippen LogP contribution is -1.97. The van der Waals surface area contributed by atoms with E-state index in [1.807, 2.05) is 12.1 Å². The van der Waals surface area contributed by atoms with Gasteiger partial charge in [-0.2, -0.15) is 0 Å². The van der Waals surface area contributed by atoms with E-state index < -0.39 is 5.97 Å². The van der Waals surface area contributed by atoms with E-state index in [2.05, 4.69) is 0 Å². The van der Waals surface area contributed by atoms with Crippen LogP contribution in [0.2, 0.25) is 0 Å². The summed E-state index contributed by atoms with van der Waals surface area (Å²) in [4.78, 5) is 10.6. The first-order chi connectivity index (χ1) is 8.25. The first kappa shape index (κ1) is 10.2. The van der Waals surface area contributed by atoms with Gasteiger partial charge in [-0.05, 0) is 24.1 Å². The number of furan rings is 1. The van der Waals surface area contributed by atoms with E-state index in [0.29, 0.717) is 13.0 Å². The Morgan fingerprint density at radius 2 is 2.29 bits per heavy atom. The van der Waals surface area contributed by atoms with Crippen molar-refractivity contribution in [3.05, 3.63) is 29.5 Å². The number of benzene rings is 1. The minimum atomic E-state index is -0.789. The molecule has 1 aromatic heterocycles. The molecule has 17 heavy (non-hydrogen) atoms. The second-order valence-corrected chi connectivity index (χ2v) is 4.17. The summed E-state index contributed by atoms with van der Waals surface area (Å²) in [5.74, 6) is 0.110. The summed E-state index contributed by atoms with van der Waals surface area (Å²) in [5, 5.41) is 9.77. The number of carboxylic acids is 1. The Morgan fingerprint density at radius 3 is 3.12 bits per heavy atom. The molecule has 1 aliphatic heterocycles. The van der Waals surface area contributed by atoms with Crippen LogP contribution in [0.15, 0.2) is 22.8 Å². The molecule has 0 bridgehead atoms. The molecule has 88 valence electrons. The number of carboxylic acid groups (broad SMARTS) is 1. The number of hydrogen-bond acceptors (Lipinski definition) is 3.